The highest BCUT2D eigenvalue weighted by Crippen LogP contribution is 2.44. The van der Waals surface area contributed by atoms with Crippen molar-refractivity contribution in [2.75, 3.05) is 6.61 Å². The number of ether oxygens (including phenoxy) is 1. The molecule has 2 aromatic rings. The lowest BCUT2D eigenvalue weighted by Gasteiger charge is -2.27. The average molecular weight is 451 g/mol. The number of rotatable bonds is 7. The average Bonchev–Trinajstić information content (AvgIpc) is 3.11. The second-order valence-corrected chi connectivity index (χ2v) is 9.04. The molecule has 3 atom stereocenters. The summed E-state index contributed by atoms with van der Waals surface area (Å²) < 4.78 is 5.54. The predicted octanol–water partition coefficient (Wildman–Crippen LogP) is 4.06. The number of nitrogens with one attached hydrogen (secondary N) is 2. The van der Waals surface area contributed by atoms with E-state index in [4.69, 9.17) is 4.74 Å². The molecule has 0 heterocycles. The molecule has 2 aromatic carbocycles. The Morgan fingerprint density at radius 3 is 2.30 bits per heavy atom. The van der Waals surface area contributed by atoms with E-state index >= 15 is 0 Å². The van der Waals surface area contributed by atoms with Gasteiger partial charge in [0.25, 0.3) is 0 Å². The van der Waals surface area contributed by atoms with E-state index in [-0.39, 0.29) is 30.9 Å². The van der Waals surface area contributed by atoms with Gasteiger partial charge in [0.1, 0.15) is 6.61 Å². The molecule has 0 radical (unpaired) electrons. The standard InChI is InChI=1S/C26H30N2O5/c1-16(13-24(29)28-18-8-6-7-17(14-18)25(30)31)27-26(32)33-15-23-21-11-4-2-9-19(21)20-10-3-5-12-22(20)23/h2-5,9-12,16-18,23H,6-8,13-15H2,1H3,(H,27,32)(H,28,29)(H,30,31)/t16-,17+,18-/m0/s1. The van der Waals surface area contributed by atoms with E-state index in [1.165, 1.54) is 11.1 Å². The molecule has 1 saturated carbocycles. The minimum atomic E-state index is -0.806. The maximum absolute atomic E-state index is 12.4. The van der Waals surface area contributed by atoms with Crippen molar-refractivity contribution in [3.63, 3.8) is 0 Å². The van der Waals surface area contributed by atoms with Crippen LogP contribution in [0.2, 0.25) is 0 Å². The lowest BCUT2D eigenvalue weighted by atomic mass is 9.85. The summed E-state index contributed by atoms with van der Waals surface area (Å²) in [4.78, 5) is 36.0. The molecule has 2 aliphatic carbocycles. The minimum absolute atomic E-state index is 0.0183. The molecule has 4 rings (SSSR count). The Morgan fingerprint density at radius 2 is 1.67 bits per heavy atom. The van der Waals surface area contributed by atoms with Gasteiger partial charge in [-0.25, -0.2) is 4.79 Å². The second kappa shape index (κ2) is 10.1. The third kappa shape index (κ3) is 5.35. The van der Waals surface area contributed by atoms with Crippen LogP contribution in [0.25, 0.3) is 11.1 Å². The maximum Gasteiger partial charge on any atom is 0.407 e. The van der Waals surface area contributed by atoms with Crippen LogP contribution < -0.4 is 10.6 Å². The van der Waals surface area contributed by atoms with E-state index in [0.29, 0.717) is 12.8 Å². The van der Waals surface area contributed by atoms with E-state index in [1.54, 1.807) is 6.92 Å². The first-order valence-electron chi connectivity index (χ1n) is 11.6. The summed E-state index contributed by atoms with van der Waals surface area (Å²) in [5.41, 5.74) is 4.62. The Morgan fingerprint density at radius 1 is 1.03 bits per heavy atom. The molecular weight excluding hydrogens is 420 g/mol. The van der Waals surface area contributed by atoms with Crippen molar-refractivity contribution in [3.8, 4) is 11.1 Å². The Bertz CT molecular complexity index is 991. The van der Waals surface area contributed by atoms with Gasteiger partial charge in [-0.15, -0.1) is 0 Å². The quantitative estimate of drug-likeness (QED) is 0.590. The van der Waals surface area contributed by atoms with Crippen LogP contribution in [0.15, 0.2) is 48.5 Å². The summed E-state index contributed by atoms with van der Waals surface area (Å²) in [6, 6.07) is 15.8. The van der Waals surface area contributed by atoms with Gasteiger partial charge in [-0.1, -0.05) is 55.0 Å². The fourth-order valence-electron chi connectivity index (χ4n) is 5.00. The van der Waals surface area contributed by atoms with Crippen LogP contribution in [-0.2, 0) is 14.3 Å². The molecule has 2 aliphatic rings. The number of alkyl carbamates (subject to hydrolysis) is 1. The SMILES string of the molecule is C[C@@H](CC(=O)N[C@H]1CCC[C@@H](C(=O)O)C1)NC(=O)OCC1c2ccccc2-c2ccccc21. The second-order valence-electron chi connectivity index (χ2n) is 9.04. The molecule has 174 valence electrons. The number of aliphatic carboxylic acids is 1. The zero-order chi connectivity index (χ0) is 23.4. The normalized spacial score (nSPS) is 20.3. The van der Waals surface area contributed by atoms with Gasteiger partial charge in [0, 0.05) is 24.4 Å². The first kappa shape index (κ1) is 22.8. The fourth-order valence-corrected chi connectivity index (χ4v) is 5.00. The maximum atomic E-state index is 12.4. The number of benzene rings is 2. The fraction of sp³-hybridized carbons (Fsp3) is 0.423. The van der Waals surface area contributed by atoms with Crippen molar-refractivity contribution in [3.05, 3.63) is 59.7 Å². The molecule has 0 spiro atoms. The molecule has 7 nitrogen and oxygen atoms in total. The minimum Gasteiger partial charge on any atom is -0.481 e. The van der Waals surface area contributed by atoms with E-state index in [1.807, 2.05) is 24.3 Å². The first-order chi connectivity index (χ1) is 15.9. The summed E-state index contributed by atoms with van der Waals surface area (Å²) in [5, 5.41) is 14.8. The van der Waals surface area contributed by atoms with Crippen LogP contribution >= 0.6 is 0 Å². The van der Waals surface area contributed by atoms with Crippen molar-refractivity contribution in [2.45, 2.75) is 57.0 Å². The van der Waals surface area contributed by atoms with Crippen molar-refractivity contribution in [2.24, 2.45) is 5.92 Å². The molecule has 0 saturated heterocycles. The monoisotopic (exact) mass is 450 g/mol. The molecule has 33 heavy (non-hydrogen) atoms. The number of carboxylic acid groups (broad SMARTS) is 1. The third-order valence-corrected chi connectivity index (χ3v) is 6.59. The molecule has 2 amide bonds. The molecule has 7 heteroatoms. The largest absolute Gasteiger partial charge is 0.481 e. The Hall–Kier alpha value is -3.35. The lowest BCUT2D eigenvalue weighted by molar-refractivity contribution is -0.143. The van der Waals surface area contributed by atoms with E-state index in [2.05, 4.69) is 34.9 Å². The number of hydrogen-bond acceptors (Lipinski definition) is 4. The van der Waals surface area contributed by atoms with Crippen molar-refractivity contribution < 1.29 is 24.2 Å². The van der Waals surface area contributed by atoms with Crippen LogP contribution in [0.5, 0.6) is 0 Å². The van der Waals surface area contributed by atoms with Crippen LogP contribution in [0.3, 0.4) is 0 Å². The van der Waals surface area contributed by atoms with Crippen LogP contribution in [0, 0.1) is 5.92 Å². The molecule has 3 N–H and O–H groups in total. The number of fused-ring (bicyclic) bond motifs is 3. The predicted molar refractivity (Wildman–Crippen MR) is 124 cm³/mol. The number of carbonyl (C=O) groups is 3. The van der Waals surface area contributed by atoms with Gasteiger partial charge < -0.3 is 20.5 Å². The molecule has 0 aromatic heterocycles. The van der Waals surface area contributed by atoms with Gasteiger partial charge in [0.15, 0.2) is 0 Å². The van der Waals surface area contributed by atoms with Crippen LogP contribution in [0.1, 0.15) is 56.1 Å². The van der Waals surface area contributed by atoms with Gasteiger partial charge in [-0.05, 0) is 48.4 Å². The molecule has 1 fully saturated rings. The topological polar surface area (TPSA) is 105 Å². The van der Waals surface area contributed by atoms with E-state index in [0.717, 1.165) is 24.0 Å². The number of carboxylic acids is 1. The van der Waals surface area contributed by atoms with Crippen LogP contribution in [0.4, 0.5) is 4.79 Å². The molecular formula is C26H30N2O5. The Labute approximate surface area is 193 Å². The highest BCUT2D eigenvalue weighted by atomic mass is 16.5. The van der Waals surface area contributed by atoms with E-state index in [9.17, 15) is 19.5 Å². The van der Waals surface area contributed by atoms with Gasteiger partial charge in [-0.3, -0.25) is 9.59 Å². The van der Waals surface area contributed by atoms with Gasteiger partial charge in [0.05, 0.1) is 5.92 Å². The molecule has 0 aliphatic heterocycles. The van der Waals surface area contributed by atoms with E-state index < -0.39 is 24.0 Å². The summed E-state index contributed by atoms with van der Waals surface area (Å²) in [5.74, 6) is -1.42. The summed E-state index contributed by atoms with van der Waals surface area (Å²) in [6.45, 7) is 1.97. The zero-order valence-electron chi connectivity index (χ0n) is 18.8. The molecule has 0 bridgehead atoms. The number of carbonyl (C=O) groups excluding carboxylic acids is 2. The third-order valence-electron chi connectivity index (χ3n) is 6.59. The van der Waals surface area contributed by atoms with Crippen molar-refractivity contribution in [1.29, 1.82) is 0 Å². The van der Waals surface area contributed by atoms with Gasteiger partial charge >= 0.3 is 12.1 Å². The summed E-state index contributed by atoms with van der Waals surface area (Å²) >= 11 is 0. The van der Waals surface area contributed by atoms with Crippen molar-refractivity contribution in [1.82, 2.24) is 10.6 Å². The smallest absolute Gasteiger partial charge is 0.407 e. The summed E-state index contributed by atoms with van der Waals surface area (Å²) in [6.07, 6.45) is 2.23. The lowest BCUT2D eigenvalue weighted by Crippen LogP contribution is -2.43. The highest BCUT2D eigenvalue weighted by molar-refractivity contribution is 5.80. The van der Waals surface area contributed by atoms with Gasteiger partial charge in [-0.2, -0.15) is 0 Å². The summed E-state index contributed by atoms with van der Waals surface area (Å²) in [7, 11) is 0. The molecule has 0 unspecified atom stereocenters. The zero-order valence-corrected chi connectivity index (χ0v) is 18.8. The Kier molecular flexibility index (Phi) is 6.96. The van der Waals surface area contributed by atoms with Crippen LogP contribution in [-0.4, -0.2) is 41.8 Å². The van der Waals surface area contributed by atoms with Gasteiger partial charge in [0.2, 0.25) is 5.91 Å². The number of amides is 2. The highest BCUT2D eigenvalue weighted by Gasteiger charge is 2.30. The Balaban J connectivity index is 1.25. The number of hydrogen-bond donors (Lipinski definition) is 3. The van der Waals surface area contributed by atoms with Crippen molar-refractivity contribution >= 4 is 18.0 Å². The first-order valence-corrected chi connectivity index (χ1v) is 11.6.